The van der Waals surface area contributed by atoms with E-state index in [9.17, 15) is 0 Å². The fourth-order valence-corrected chi connectivity index (χ4v) is 0.639. The maximum absolute atomic E-state index is 8.72. The van der Waals surface area contributed by atoms with Crippen LogP contribution in [0.15, 0.2) is 22.6 Å². The Hall–Kier alpha value is -2.32. The predicted molar refractivity (Wildman–Crippen MR) is 37.8 cm³/mol. The monoisotopic (exact) mass is 180 g/mol. The molecule has 2 N–H and O–H groups in total. The van der Waals surface area contributed by atoms with E-state index in [0.29, 0.717) is 10.7 Å². The number of rotatable bonds is 2. The second-order valence-corrected chi connectivity index (χ2v) is 2.03. The first-order valence-electron chi connectivity index (χ1n) is 3.24. The molecule has 0 aliphatic heterocycles. The SMILES string of the molecule is On1cc(N=Nc2c[nH]nn2)nn1. The van der Waals surface area contributed by atoms with Crippen LogP contribution in [-0.4, -0.2) is 35.8 Å². The zero-order valence-electron chi connectivity index (χ0n) is 6.23. The zero-order valence-corrected chi connectivity index (χ0v) is 6.23. The highest BCUT2D eigenvalue weighted by atomic mass is 16.5. The molecule has 0 aliphatic carbocycles. The fourth-order valence-electron chi connectivity index (χ4n) is 0.639. The van der Waals surface area contributed by atoms with Gasteiger partial charge in [0.05, 0.1) is 6.20 Å². The molecule has 2 aromatic rings. The topological polar surface area (TPSA) is 117 Å². The molecule has 66 valence electrons. The minimum atomic E-state index is 0.186. The van der Waals surface area contributed by atoms with Crippen molar-refractivity contribution in [2.75, 3.05) is 0 Å². The van der Waals surface area contributed by atoms with Crippen LogP contribution in [0.2, 0.25) is 0 Å². The Kier molecular flexibility index (Phi) is 1.67. The number of nitrogens with zero attached hydrogens (tertiary/aromatic N) is 7. The van der Waals surface area contributed by atoms with Crippen LogP contribution in [0.25, 0.3) is 0 Å². The van der Waals surface area contributed by atoms with E-state index in [2.05, 4.69) is 36.0 Å². The summed E-state index contributed by atoms with van der Waals surface area (Å²) in [7, 11) is 0. The summed E-state index contributed by atoms with van der Waals surface area (Å²) in [5.41, 5.74) is 0. The van der Waals surface area contributed by atoms with E-state index in [1.165, 1.54) is 12.4 Å². The average Bonchev–Trinajstić information content (AvgIpc) is 2.71. The largest absolute Gasteiger partial charge is 0.410 e. The van der Waals surface area contributed by atoms with Crippen molar-refractivity contribution in [1.82, 2.24) is 30.6 Å². The van der Waals surface area contributed by atoms with E-state index in [1.54, 1.807) is 0 Å². The van der Waals surface area contributed by atoms with Gasteiger partial charge >= 0.3 is 0 Å². The Morgan fingerprint density at radius 3 is 2.77 bits per heavy atom. The van der Waals surface area contributed by atoms with E-state index in [0.717, 1.165) is 0 Å². The van der Waals surface area contributed by atoms with E-state index in [-0.39, 0.29) is 5.82 Å². The highest BCUT2D eigenvalue weighted by Crippen LogP contribution is 2.10. The summed E-state index contributed by atoms with van der Waals surface area (Å²) >= 11 is 0. The summed E-state index contributed by atoms with van der Waals surface area (Å²) in [6, 6.07) is 0. The fraction of sp³-hybridized carbons (Fsp3) is 0. The molecule has 0 radical (unpaired) electrons. The molecular weight excluding hydrogens is 176 g/mol. The number of H-pyrrole nitrogens is 1. The van der Waals surface area contributed by atoms with Gasteiger partial charge in [0.15, 0.2) is 0 Å². The molecule has 0 saturated carbocycles. The molecule has 0 bridgehead atoms. The molecule has 2 aromatic heterocycles. The van der Waals surface area contributed by atoms with Crippen LogP contribution < -0.4 is 0 Å². The van der Waals surface area contributed by atoms with Gasteiger partial charge in [-0.3, -0.25) is 5.10 Å². The first-order chi connectivity index (χ1) is 6.34. The number of nitrogens with one attached hydrogen (secondary N) is 1. The first-order valence-corrected chi connectivity index (χ1v) is 3.24. The molecule has 2 heterocycles. The Morgan fingerprint density at radius 2 is 2.15 bits per heavy atom. The molecule has 0 aromatic carbocycles. The Balaban J connectivity index is 2.14. The van der Waals surface area contributed by atoms with Crippen LogP contribution >= 0.6 is 0 Å². The standard InChI is InChI=1S/C4H4N8O/c13-12-2-4(9-11-12)7-6-3-1-5-10-8-3/h1-2,13H,(H,5,8,10). The van der Waals surface area contributed by atoms with Crippen LogP contribution in [-0.2, 0) is 0 Å². The molecule has 0 atom stereocenters. The van der Waals surface area contributed by atoms with Gasteiger partial charge in [-0.2, -0.15) is 0 Å². The van der Waals surface area contributed by atoms with Crippen molar-refractivity contribution < 1.29 is 5.21 Å². The Morgan fingerprint density at radius 1 is 1.31 bits per heavy atom. The van der Waals surface area contributed by atoms with Gasteiger partial charge in [0.25, 0.3) is 0 Å². The molecule has 0 saturated heterocycles. The Bertz CT molecular complexity index is 401. The number of aromatic amines is 1. The number of azo groups is 1. The summed E-state index contributed by atoms with van der Waals surface area (Å²) in [5.74, 6) is 0.512. The predicted octanol–water partition coefficient (Wildman–Crippen LogP) is 0.0489. The van der Waals surface area contributed by atoms with Gasteiger partial charge in [0, 0.05) is 0 Å². The van der Waals surface area contributed by atoms with Crippen molar-refractivity contribution in [3.05, 3.63) is 12.4 Å². The normalized spacial score (nSPS) is 11.1. The van der Waals surface area contributed by atoms with Gasteiger partial charge in [0.2, 0.25) is 11.6 Å². The van der Waals surface area contributed by atoms with Gasteiger partial charge in [-0.25, -0.2) is 0 Å². The summed E-state index contributed by atoms with van der Waals surface area (Å²) in [6.07, 6.45) is 2.66. The summed E-state index contributed by atoms with van der Waals surface area (Å²) in [6.45, 7) is 0. The number of hydrogen-bond donors (Lipinski definition) is 2. The highest BCUT2D eigenvalue weighted by molar-refractivity contribution is 5.22. The zero-order chi connectivity index (χ0) is 9.10. The second-order valence-electron chi connectivity index (χ2n) is 2.03. The van der Waals surface area contributed by atoms with E-state index in [1.807, 2.05) is 0 Å². The molecule has 0 amide bonds. The van der Waals surface area contributed by atoms with Gasteiger partial charge in [0.1, 0.15) is 6.20 Å². The van der Waals surface area contributed by atoms with Crippen LogP contribution in [0.3, 0.4) is 0 Å². The smallest absolute Gasteiger partial charge is 0.219 e. The third kappa shape index (κ3) is 1.64. The molecule has 0 aliphatic rings. The summed E-state index contributed by atoms with van der Waals surface area (Å²) in [5, 5.41) is 32.1. The number of aromatic nitrogens is 6. The summed E-state index contributed by atoms with van der Waals surface area (Å²) in [4.78, 5) is 0.539. The third-order valence-corrected chi connectivity index (χ3v) is 1.13. The maximum Gasteiger partial charge on any atom is 0.219 e. The molecule has 13 heavy (non-hydrogen) atoms. The molecule has 0 unspecified atom stereocenters. The van der Waals surface area contributed by atoms with Crippen molar-refractivity contribution in [1.29, 1.82) is 0 Å². The molecular formula is C4H4N8O. The molecule has 9 nitrogen and oxygen atoms in total. The van der Waals surface area contributed by atoms with Crippen LogP contribution in [0.4, 0.5) is 11.6 Å². The first kappa shape index (κ1) is 7.34. The van der Waals surface area contributed by atoms with E-state index >= 15 is 0 Å². The van der Waals surface area contributed by atoms with Crippen molar-refractivity contribution in [3.8, 4) is 0 Å². The lowest BCUT2D eigenvalue weighted by molar-refractivity contribution is 0.143. The summed E-state index contributed by atoms with van der Waals surface area (Å²) < 4.78 is 0. The van der Waals surface area contributed by atoms with Gasteiger partial charge in [-0.15, -0.1) is 20.4 Å². The lowest BCUT2D eigenvalue weighted by Gasteiger charge is -1.78. The average molecular weight is 180 g/mol. The molecule has 2 rings (SSSR count). The molecule has 0 spiro atoms. The van der Waals surface area contributed by atoms with E-state index in [4.69, 9.17) is 5.21 Å². The van der Waals surface area contributed by atoms with Crippen molar-refractivity contribution >= 4 is 11.6 Å². The second kappa shape index (κ2) is 2.97. The number of hydrogen-bond acceptors (Lipinski definition) is 7. The quantitative estimate of drug-likeness (QED) is 0.500. The van der Waals surface area contributed by atoms with Crippen molar-refractivity contribution in [2.24, 2.45) is 10.2 Å². The lowest BCUT2D eigenvalue weighted by Crippen LogP contribution is -1.88. The molecule has 9 heteroatoms. The van der Waals surface area contributed by atoms with Crippen LogP contribution in [0.1, 0.15) is 0 Å². The van der Waals surface area contributed by atoms with Crippen LogP contribution in [0, 0.1) is 0 Å². The highest BCUT2D eigenvalue weighted by Gasteiger charge is 1.96. The van der Waals surface area contributed by atoms with Crippen molar-refractivity contribution in [2.45, 2.75) is 0 Å². The van der Waals surface area contributed by atoms with E-state index < -0.39 is 0 Å². The van der Waals surface area contributed by atoms with Gasteiger partial charge in [-0.05, 0) is 5.21 Å². The lowest BCUT2D eigenvalue weighted by atomic mass is 10.8. The minimum absolute atomic E-state index is 0.186. The van der Waals surface area contributed by atoms with Crippen molar-refractivity contribution in [3.63, 3.8) is 0 Å². The molecule has 0 fully saturated rings. The Labute approximate surface area is 71.1 Å². The van der Waals surface area contributed by atoms with Crippen LogP contribution in [0.5, 0.6) is 0 Å². The van der Waals surface area contributed by atoms with Gasteiger partial charge in [-0.1, -0.05) is 10.1 Å². The van der Waals surface area contributed by atoms with Gasteiger partial charge < -0.3 is 5.21 Å². The third-order valence-electron chi connectivity index (χ3n) is 1.13. The maximum atomic E-state index is 8.72. The minimum Gasteiger partial charge on any atom is -0.410 e.